The third-order valence-corrected chi connectivity index (χ3v) is 5.31. The number of rotatable bonds is 0. The van der Waals surface area contributed by atoms with Crippen LogP contribution in [0, 0.1) is 16.5 Å². The van der Waals surface area contributed by atoms with Gasteiger partial charge in [0.1, 0.15) is 0 Å². The fraction of sp³-hybridized carbons (Fsp3) is 0.400. The van der Waals surface area contributed by atoms with Gasteiger partial charge in [-0.15, -0.1) is 0 Å². The zero-order chi connectivity index (χ0) is 6.15. The van der Waals surface area contributed by atoms with E-state index < -0.39 is 0 Å². The summed E-state index contributed by atoms with van der Waals surface area (Å²) in [5.41, 5.74) is 0. The summed E-state index contributed by atoms with van der Waals surface area (Å²) >= 11 is 7.32. The molecule has 0 radical (unpaired) electrons. The van der Waals surface area contributed by atoms with Crippen LogP contribution in [0.1, 0.15) is 9.31 Å². The van der Waals surface area contributed by atoms with E-state index in [4.69, 9.17) is 12.2 Å². The van der Waals surface area contributed by atoms with E-state index in [0.29, 0.717) is 14.5 Å². The zero-order valence-electron chi connectivity index (χ0n) is 4.72. The van der Waals surface area contributed by atoms with Gasteiger partial charge in [0.25, 0.3) is 0 Å². The molecule has 1 aromatic heterocycles. The summed E-state index contributed by atoms with van der Waals surface area (Å²) in [6.07, 6.45) is 0. The molecule has 0 bridgehead atoms. The maximum atomic E-state index is 5.02. The number of aryl methyl sites for hydroxylation is 2. The summed E-state index contributed by atoms with van der Waals surface area (Å²) in [6.45, 7) is 4.31. The Labute approximate surface area is 63.9 Å². The van der Waals surface area contributed by atoms with Crippen LogP contribution in [0.5, 0.6) is 0 Å². The van der Waals surface area contributed by atoms with Crippen molar-refractivity contribution in [1.29, 1.82) is 0 Å². The van der Waals surface area contributed by atoms with Crippen LogP contribution in [0.4, 0.5) is 0 Å². The van der Waals surface area contributed by atoms with Crippen LogP contribution in [-0.2, 0) is 0 Å². The molecule has 0 aliphatic rings. The van der Waals surface area contributed by atoms with Gasteiger partial charge in [0.2, 0.25) is 0 Å². The van der Waals surface area contributed by atoms with Gasteiger partial charge in [0, 0.05) is 0 Å². The second kappa shape index (κ2) is 2.44. The third kappa shape index (κ3) is 1.29. The summed E-state index contributed by atoms with van der Waals surface area (Å²) in [6, 6.07) is 0. The Kier molecular flexibility index (Phi) is 2.04. The van der Waals surface area contributed by atoms with Crippen LogP contribution < -0.4 is 0 Å². The topological polar surface area (TPSA) is 0 Å². The quantitative estimate of drug-likeness (QED) is 0.466. The van der Waals surface area contributed by atoms with Crippen molar-refractivity contribution in [2.45, 2.75) is 13.8 Å². The van der Waals surface area contributed by atoms with Crippen molar-refractivity contribution in [3.8, 4) is 0 Å². The van der Waals surface area contributed by atoms with Gasteiger partial charge in [-0.1, -0.05) is 0 Å². The molecule has 0 aromatic carbocycles. The Morgan fingerprint density at radius 1 is 1.50 bits per heavy atom. The number of hydrogen-bond donors (Lipinski definition) is 0. The predicted octanol–water partition coefficient (Wildman–Crippen LogP) is 2.15. The van der Waals surface area contributed by atoms with E-state index in [1.54, 1.807) is 11.3 Å². The molecule has 1 heterocycles. The van der Waals surface area contributed by atoms with Gasteiger partial charge in [-0.05, 0) is 0 Å². The molecule has 0 N–H and O–H groups in total. The first-order chi connectivity index (χ1) is 3.70. The summed E-state index contributed by atoms with van der Waals surface area (Å²) < 4.78 is 2.69. The van der Waals surface area contributed by atoms with Gasteiger partial charge >= 0.3 is 63.9 Å². The zero-order valence-corrected chi connectivity index (χ0v) is 8.07. The third-order valence-electron chi connectivity index (χ3n) is 0.969. The maximum absolute atomic E-state index is 5.02. The average Bonchev–Trinajstić information content (AvgIpc) is 1.85. The van der Waals surface area contributed by atoms with Crippen molar-refractivity contribution < 1.29 is 0 Å². The molecule has 3 heteroatoms. The second-order valence-corrected chi connectivity index (χ2v) is 7.19. The molecular formula is C5H6S2Se. The van der Waals surface area contributed by atoms with Crippen molar-refractivity contribution in [3.05, 3.63) is 12.0 Å². The van der Waals surface area contributed by atoms with Gasteiger partial charge in [0.15, 0.2) is 0 Å². The monoisotopic (exact) mass is 210 g/mol. The minimum absolute atomic E-state index is 0.532. The van der Waals surface area contributed by atoms with Crippen LogP contribution in [0.2, 0.25) is 0 Å². The molecule has 0 saturated carbocycles. The Morgan fingerprint density at radius 2 is 2.12 bits per heavy atom. The van der Waals surface area contributed by atoms with Crippen LogP contribution in [0.15, 0.2) is 0 Å². The van der Waals surface area contributed by atoms with E-state index in [-0.39, 0.29) is 0 Å². The first-order valence-corrected chi connectivity index (χ1v) is 5.21. The van der Waals surface area contributed by atoms with E-state index in [2.05, 4.69) is 13.8 Å². The molecule has 0 aliphatic carbocycles. The molecule has 1 rings (SSSR count). The van der Waals surface area contributed by atoms with Crippen molar-refractivity contribution in [2.24, 2.45) is 0 Å². The van der Waals surface area contributed by atoms with Crippen LogP contribution in [0.25, 0.3) is 0 Å². The molecule has 0 spiro atoms. The Balaban J connectivity index is 3.35. The van der Waals surface area contributed by atoms with E-state index in [0.717, 1.165) is 0 Å². The predicted molar refractivity (Wildman–Crippen MR) is 41.6 cm³/mol. The van der Waals surface area contributed by atoms with Crippen molar-refractivity contribution in [3.63, 3.8) is 0 Å². The molecule has 0 saturated heterocycles. The number of hydrogen-bond acceptors (Lipinski definition) is 2. The average molecular weight is 209 g/mol. The fourth-order valence-corrected chi connectivity index (χ4v) is 4.88. The molecule has 0 atom stereocenters. The molecule has 44 valence electrons. The Hall–Kier alpha value is 0.569. The second-order valence-electron chi connectivity index (χ2n) is 1.57. The van der Waals surface area contributed by atoms with Crippen LogP contribution in [-0.4, -0.2) is 14.5 Å². The van der Waals surface area contributed by atoms with Gasteiger partial charge < -0.3 is 0 Å². The van der Waals surface area contributed by atoms with Gasteiger partial charge in [-0.2, -0.15) is 0 Å². The molecule has 0 fully saturated rings. The van der Waals surface area contributed by atoms with E-state index in [1.807, 2.05) is 0 Å². The standard InChI is InChI=1S/C5H6S2Se/c1-3-4(2)8-5(6)7-3/h1-2H3. The van der Waals surface area contributed by atoms with Crippen LogP contribution in [0.3, 0.4) is 0 Å². The van der Waals surface area contributed by atoms with Crippen molar-refractivity contribution in [2.75, 3.05) is 0 Å². The molecule has 0 unspecified atom stereocenters. The molecule has 0 amide bonds. The SMILES string of the molecule is Cc1sc(=S)[se]c1C. The minimum atomic E-state index is 0.532. The van der Waals surface area contributed by atoms with E-state index in [1.165, 1.54) is 12.0 Å². The van der Waals surface area contributed by atoms with Crippen molar-refractivity contribution >= 4 is 38.1 Å². The summed E-state index contributed by atoms with van der Waals surface area (Å²) in [5, 5.41) is 0. The van der Waals surface area contributed by atoms with Crippen LogP contribution >= 0.6 is 23.6 Å². The van der Waals surface area contributed by atoms with Crippen molar-refractivity contribution in [1.82, 2.24) is 0 Å². The molecule has 1 aromatic rings. The fourth-order valence-electron chi connectivity index (χ4n) is 0.415. The molecule has 0 aliphatic heterocycles. The van der Waals surface area contributed by atoms with Gasteiger partial charge in [-0.3, -0.25) is 0 Å². The molecular weight excluding hydrogens is 203 g/mol. The summed E-state index contributed by atoms with van der Waals surface area (Å²) in [5.74, 6) is 0. The summed E-state index contributed by atoms with van der Waals surface area (Å²) in [4.78, 5) is 1.43. The normalized spacial score (nSPS) is 9.75. The molecule has 8 heavy (non-hydrogen) atoms. The first kappa shape index (κ1) is 6.69. The first-order valence-electron chi connectivity index (χ1n) is 2.27. The molecule has 0 nitrogen and oxygen atoms in total. The Morgan fingerprint density at radius 3 is 2.25 bits per heavy atom. The van der Waals surface area contributed by atoms with Gasteiger partial charge in [0.05, 0.1) is 0 Å². The van der Waals surface area contributed by atoms with Gasteiger partial charge in [-0.25, -0.2) is 0 Å². The Bertz CT molecular complexity index is 210. The summed E-state index contributed by atoms with van der Waals surface area (Å²) in [7, 11) is 0. The van der Waals surface area contributed by atoms with E-state index >= 15 is 0 Å². The van der Waals surface area contributed by atoms with E-state index in [9.17, 15) is 0 Å².